The van der Waals surface area contributed by atoms with Crippen LogP contribution < -0.4 is 5.32 Å². The van der Waals surface area contributed by atoms with Gasteiger partial charge in [0.2, 0.25) is 0 Å². The zero-order chi connectivity index (χ0) is 13.9. The van der Waals surface area contributed by atoms with Gasteiger partial charge in [-0.05, 0) is 26.2 Å². The average molecular weight is 273 g/mol. The molecule has 0 aromatic carbocycles. The highest BCUT2D eigenvalue weighted by atomic mass is 16.5. The van der Waals surface area contributed by atoms with Crippen molar-refractivity contribution in [2.45, 2.75) is 70.6 Å². The molecule has 0 aromatic rings. The van der Waals surface area contributed by atoms with Crippen LogP contribution in [0.1, 0.15) is 52.4 Å². The summed E-state index contributed by atoms with van der Waals surface area (Å²) in [6.07, 6.45) is 6.85. The van der Waals surface area contributed by atoms with Crippen molar-refractivity contribution >= 4 is 0 Å². The zero-order valence-electron chi connectivity index (χ0n) is 12.6. The first-order valence-corrected chi connectivity index (χ1v) is 7.83. The standard InChI is InChI=1S/C15H31NO3/c1-3-4-5-6-8-18-12-15(17)11-16-14-7-9-19-13(2)10-14/h13-17H,3-12H2,1-2H3. The van der Waals surface area contributed by atoms with Crippen LogP contribution in [-0.4, -0.2) is 49.7 Å². The molecule has 0 bridgehead atoms. The molecule has 1 aliphatic rings. The Morgan fingerprint density at radius 2 is 2.21 bits per heavy atom. The van der Waals surface area contributed by atoms with Crippen molar-refractivity contribution in [1.82, 2.24) is 5.32 Å². The summed E-state index contributed by atoms with van der Waals surface area (Å²) < 4.78 is 11.0. The molecule has 0 aliphatic carbocycles. The van der Waals surface area contributed by atoms with E-state index in [1.165, 1.54) is 19.3 Å². The van der Waals surface area contributed by atoms with Gasteiger partial charge in [-0.25, -0.2) is 0 Å². The smallest absolute Gasteiger partial charge is 0.0897 e. The van der Waals surface area contributed by atoms with Crippen LogP contribution in [0.2, 0.25) is 0 Å². The summed E-state index contributed by atoms with van der Waals surface area (Å²) >= 11 is 0. The van der Waals surface area contributed by atoms with E-state index in [2.05, 4.69) is 19.2 Å². The third kappa shape index (κ3) is 8.58. The Labute approximate surface area is 117 Å². The lowest BCUT2D eigenvalue weighted by atomic mass is 10.0. The van der Waals surface area contributed by atoms with Gasteiger partial charge < -0.3 is 19.9 Å². The topological polar surface area (TPSA) is 50.7 Å². The van der Waals surface area contributed by atoms with Crippen molar-refractivity contribution in [1.29, 1.82) is 0 Å². The largest absolute Gasteiger partial charge is 0.389 e. The molecule has 4 heteroatoms. The fraction of sp³-hybridized carbons (Fsp3) is 1.00. The van der Waals surface area contributed by atoms with E-state index in [0.29, 0.717) is 25.3 Å². The third-order valence-electron chi connectivity index (χ3n) is 3.58. The number of unbranched alkanes of at least 4 members (excludes halogenated alkanes) is 3. The second kappa shape index (κ2) is 10.6. The average Bonchev–Trinajstić information content (AvgIpc) is 2.40. The van der Waals surface area contributed by atoms with Gasteiger partial charge in [-0.2, -0.15) is 0 Å². The maximum atomic E-state index is 9.83. The first-order valence-electron chi connectivity index (χ1n) is 7.83. The monoisotopic (exact) mass is 273 g/mol. The summed E-state index contributed by atoms with van der Waals surface area (Å²) in [6, 6.07) is 0.475. The van der Waals surface area contributed by atoms with Crippen molar-refractivity contribution in [2.24, 2.45) is 0 Å². The highest BCUT2D eigenvalue weighted by Gasteiger charge is 2.19. The Morgan fingerprint density at radius 1 is 1.37 bits per heavy atom. The predicted octanol–water partition coefficient (Wildman–Crippen LogP) is 2.10. The lowest BCUT2D eigenvalue weighted by Gasteiger charge is -2.28. The maximum Gasteiger partial charge on any atom is 0.0897 e. The molecule has 1 fully saturated rings. The van der Waals surface area contributed by atoms with Crippen LogP contribution in [0, 0.1) is 0 Å². The first kappa shape index (κ1) is 16.9. The van der Waals surface area contributed by atoms with Crippen molar-refractivity contribution in [2.75, 3.05) is 26.4 Å². The predicted molar refractivity (Wildman–Crippen MR) is 77.4 cm³/mol. The fourth-order valence-corrected chi connectivity index (χ4v) is 2.40. The van der Waals surface area contributed by atoms with E-state index in [9.17, 15) is 5.11 Å². The molecule has 4 nitrogen and oxygen atoms in total. The molecule has 1 heterocycles. The van der Waals surface area contributed by atoms with Gasteiger partial charge in [-0.15, -0.1) is 0 Å². The van der Waals surface area contributed by atoms with Crippen LogP contribution >= 0.6 is 0 Å². The van der Waals surface area contributed by atoms with E-state index in [4.69, 9.17) is 9.47 Å². The van der Waals surface area contributed by atoms with Gasteiger partial charge in [0.05, 0.1) is 18.8 Å². The van der Waals surface area contributed by atoms with Gasteiger partial charge in [0, 0.05) is 25.8 Å². The molecule has 2 N–H and O–H groups in total. The van der Waals surface area contributed by atoms with Gasteiger partial charge in [0.1, 0.15) is 0 Å². The molecule has 0 spiro atoms. The van der Waals surface area contributed by atoms with E-state index in [1.54, 1.807) is 0 Å². The molecule has 3 unspecified atom stereocenters. The summed E-state index contributed by atoms with van der Waals surface area (Å²) in [5, 5.41) is 13.2. The molecule has 1 aliphatic heterocycles. The quantitative estimate of drug-likeness (QED) is 0.599. The molecule has 1 rings (SSSR count). The van der Waals surface area contributed by atoms with Crippen LogP contribution in [0.25, 0.3) is 0 Å². The van der Waals surface area contributed by atoms with Gasteiger partial charge in [-0.1, -0.05) is 26.2 Å². The summed E-state index contributed by atoms with van der Waals surface area (Å²) in [7, 11) is 0. The van der Waals surface area contributed by atoms with Crippen LogP contribution in [0.5, 0.6) is 0 Å². The van der Waals surface area contributed by atoms with Crippen LogP contribution in [0.15, 0.2) is 0 Å². The molecular weight excluding hydrogens is 242 g/mol. The number of ether oxygens (including phenoxy) is 2. The molecular formula is C15H31NO3. The number of rotatable bonds is 10. The Bertz CT molecular complexity index is 214. The molecule has 0 radical (unpaired) electrons. The second-order valence-corrected chi connectivity index (χ2v) is 5.60. The van der Waals surface area contributed by atoms with Gasteiger partial charge in [0.25, 0.3) is 0 Å². The number of aliphatic hydroxyl groups is 1. The Balaban J connectivity index is 1.94. The number of nitrogens with one attached hydrogen (secondary N) is 1. The summed E-state index contributed by atoms with van der Waals surface area (Å²) in [4.78, 5) is 0. The van der Waals surface area contributed by atoms with Crippen molar-refractivity contribution in [3.63, 3.8) is 0 Å². The van der Waals surface area contributed by atoms with Gasteiger partial charge >= 0.3 is 0 Å². The number of hydrogen-bond donors (Lipinski definition) is 2. The van der Waals surface area contributed by atoms with E-state index < -0.39 is 6.10 Å². The van der Waals surface area contributed by atoms with E-state index in [1.807, 2.05) is 0 Å². The third-order valence-corrected chi connectivity index (χ3v) is 3.58. The van der Waals surface area contributed by atoms with Gasteiger partial charge in [0.15, 0.2) is 0 Å². The molecule has 1 saturated heterocycles. The van der Waals surface area contributed by atoms with Crippen LogP contribution in [0.4, 0.5) is 0 Å². The Morgan fingerprint density at radius 3 is 2.95 bits per heavy atom. The first-order chi connectivity index (χ1) is 9.22. The summed E-state index contributed by atoms with van der Waals surface area (Å²) in [5.41, 5.74) is 0. The Kier molecular flexibility index (Phi) is 9.43. The summed E-state index contributed by atoms with van der Waals surface area (Å²) in [6.45, 7) is 6.95. The normalized spacial score (nSPS) is 25.4. The summed E-state index contributed by atoms with van der Waals surface area (Å²) in [5.74, 6) is 0. The van der Waals surface area contributed by atoms with Crippen molar-refractivity contribution < 1.29 is 14.6 Å². The zero-order valence-corrected chi connectivity index (χ0v) is 12.6. The minimum atomic E-state index is -0.399. The highest BCUT2D eigenvalue weighted by Crippen LogP contribution is 2.12. The van der Waals surface area contributed by atoms with E-state index >= 15 is 0 Å². The Hall–Kier alpha value is -0.160. The molecule has 3 atom stereocenters. The molecule has 114 valence electrons. The van der Waals surface area contributed by atoms with Crippen molar-refractivity contribution in [3.05, 3.63) is 0 Å². The lowest BCUT2D eigenvalue weighted by molar-refractivity contribution is 0.00441. The maximum absolute atomic E-state index is 9.83. The minimum Gasteiger partial charge on any atom is -0.389 e. The number of hydrogen-bond acceptors (Lipinski definition) is 4. The van der Waals surface area contributed by atoms with E-state index in [0.717, 1.165) is 32.5 Å². The highest BCUT2D eigenvalue weighted by molar-refractivity contribution is 4.75. The fourth-order valence-electron chi connectivity index (χ4n) is 2.40. The molecule has 0 aromatic heterocycles. The SMILES string of the molecule is CCCCCCOCC(O)CNC1CCOC(C)C1. The molecule has 0 saturated carbocycles. The van der Waals surface area contributed by atoms with Gasteiger partial charge in [-0.3, -0.25) is 0 Å². The number of aliphatic hydroxyl groups excluding tert-OH is 1. The molecule has 0 amide bonds. The van der Waals surface area contributed by atoms with Crippen molar-refractivity contribution in [3.8, 4) is 0 Å². The second-order valence-electron chi connectivity index (χ2n) is 5.60. The molecule has 19 heavy (non-hydrogen) atoms. The van der Waals surface area contributed by atoms with Crippen LogP contribution in [0.3, 0.4) is 0 Å². The van der Waals surface area contributed by atoms with Crippen LogP contribution in [-0.2, 0) is 9.47 Å². The lowest BCUT2D eigenvalue weighted by Crippen LogP contribution is -2.42. The minimum absolute atomic E-state index is 0.332. The van der Waals surface area contributed by atoms with E-state index in [-0.39, 0.29) is 0 Å².